The molecule has 1 aliphatic heterocycles. The van der Waals surface area contributed by atoms with Crippen LogP contribution in [0.25, 0.3) is 0 Å². The van der Waals surface area contributed by atoms with Gasteiger partial charge in [-0.3, -0.25) is 0 Å². The topological polar surface area (TPSA) is 49.8 Å². The summed E-state index contributed by atoms with van der Waals surface area (Å²) in [6.07, 6.45) is 0.921. The van der Waals surface area contributed by atoms with Crippen LogP contribution in [0.5, 0.6) is 0 Å². The Labute approximate surface area is 94.5 Å². The molecular weight excluding hydrogens is 212 g/mol. The quantitative estimate of drug-likeness (QED) is 0.753. The molecule has 4 nitrogen and oxygen atoms in total. The third kappa shape index (κ3) is 2.38. The molecule has 0 fully saturated rings. The fraction of sp³-hybridized carbons (Fsp3) is 0.600. The maximum atomic E-state index is 6.10. The van der Waals surface area contributed by atoms with Gasteiger partial charge in [0.05, 0.1) is 5.69 Å². The first kappa shape index (κ1) is 10.6. The van der Waals surface area contributed by atoms with E-state index in [-0.39, 0.29) is 0 Å². The number of hydrogen-bond acceptors (Lipinski definition) is 4. The highest BCUT2D eigenvalue weighted by Gasteiger charge is 2.16. The third-order valence-corrected chi connectivity index (χ3v) is 2.61. The molecule has 0 unspecified atom stereocenters. The van der Waals surface area contributed by atoms with E-state index in [9.17, 15) is 0 Å². The molecule has 2 N–H and O–H groups in total. The molecule has 0 radical (unpaired) electrons. The van der Waals surface area contributed by atoms with Gasteiger partial charge in [0.15, 0.2) is 0 Å². The van der Waals surface area contributed by atoms with Crippen molar-refractivity contribution in [1.29, 1.82) is 0 Å². The number of rotatable bonds is 2. The van der Waals surface area contributed by atoms with E-state index in [2.05, 4.69) is 34.4 Å². The molecule has 1 aliphatic rings. The minimum absolute atomic E-state index is 0.320. The van der Waals surface area contributed by atoms with E-state index >= 15 is 0 Å². The fourth-order valence-corrected chi connectivity index (χ4v) is 1.88. The maximum Gasteiger partial charge on any atom is 0.224 e. The summed E-state index contributed by atoms with van der Waals surface area (Å²) in [5, 5.41) is 6.99. The van der Waals surface area contributed by atoms with E-state index < -0.39 is 0 Å². The van der Waals surface area contributed by atoms with Gasteiger partial charge >= 0.3 is 0 Å². The van der Waals surface area contributed by atoms with Crippen molar-refractivity contribution < 1.29 is 0 Å². The number of aromatic nitrogens is 2. The smallest absolute Gasteiger partial charge is 0.224 e. The molecular formula is C10H15ClN4. The summed E-state index contributed by atoms with van der Waals surface area (Å²) in [5.41, 5.74) is 2.11. The molecule has 2 rings (SSSR count). The van der Waals surface area contributed by atoms with Crippen molar-refractivity contribution >= 4 is 17.5 Å². The van der Waals surface area contributed by atoms with Crippen LogP contribution in [0, 0.1) is 0 Å². The molecule has 15 heavy (non-hydrogen) atoms. The number of nitrogens with zero attached hydrogens (tertiary/aromatic N) is 2. The summed E-state index contributed by atoms with van der Waals surface area (Å²) in [6, 6.07) is 0.320. The van der Waals surface area contributed by atoms with Gasteiger partial charge in [-0.25, -0.2) is 9.97 Å². The van der Waals surface area contributed by atoms with Crippen molar-refractivity contribution in [3.05, 3.63) is 16.4 Å². The number of hydrogen-bond donors (Lipinski definition) is 2. The third-order valence-electron chi connectivity index (χ3n) is 2.30. The van der Waals surface area contributed by atoms with Crippen LogP contribution < -0.4 is 10.6 Å². The van der Waals surface area contributed by atoms with Gasteiger partial charge < -0.3 is 10.6 Å². The number of fused-ring (bicyclic) bond motifs is 1. The van der Waals surface area contributed by atoms with Crippen LogP contribution in [-0.2, 0) is 13.0 Å². The van der Waals surface area contributed by atoms with Crippen LogP contribution in [0.3, 0.4) is 0 Å². The van der Waals surface area contributed by atoms with Crippen LogP contribution in [0.1, 0.15) is 25.1 Å². The van der Waals surface area contributed by atoms with Crippen LogP contribution >= 0.6 is 11.6 Å². The van der Waals surface area contributed by atoms with Gasteiger partial charge in [-0.05, 0) is 13.8 Å². The van der Waals surface area contributed by atoms with Crippen molar-refractivity contribution in [2.45, 2.75) is 32.9 Å². The van der Waals surface area contributed by atoms with E-state index in [4.69, 9.17) is 11.6 Å². The van der Waals surface area contributed by atoms with Crippen LogP contribution in [0.2, 0.25) is 5.15 Å². The zero-order valence-corrected chi connectivity index (χ0v) is 9.73. The Kier molecular flexibility index (Phi) is 3.07. The fourth-order valence-electron chi connectivity index (χ4n) is 1.62. The summed E-state index contributed by atoms with van der Waals surface area (Å²) in [7, 11) is 0. The van der Waals surface area contributed by atoms with E-state index in [0.29, 0.717) is 17.1 Å². The summed E-state index contributed by atoms with van der Waals surface area (Å²) in [6.45, 7) is 5.84. The summed E-state index contributed by atoms with van der Waals surface area (Å²) in [5.74, 6) is 0.635. The Morgan fingerprint density at radius 3 is 2.93 bits per heavy atom. The minimum Gasteiger partial charge on any atom is -0.352 e. The van der Waals surface area contributed by atoms with Crippen LogP contribution in [-0.4, -0.2) is 22.6 Å². The van der Waals surface area contributed by atoms with Gasteiger partial charge in [-0.15, -0.1) is 0 Å². The molecule has 0 saturated carbocycles. The van der Waals surface area contributed by atoms with E-state index in [0.717, 1.165) is 30.8 Å². The van der Waals surface area contributed by atoms with Crippen molar-refractivity contribution in [3.63, 3.8) is 0 Å². The first-order valence-corrected chi connectivity index (χ1v) is 5.57. The van der Waals surface area contributed by atoms with Gasteiger partial charge in [-0.1, -0.05) is 11.6 Å². The monoisotopic (exact) mass is 226 g/mol. The Hall–Kier alpha value is -0.870. The van der Waals surface area contributed by atoms with Gasteiger partial charge in [-0.2, -0.15) is 0 Å². The molecule has 1 aromatic heterocycles. The van der Waals surface area contributed by atoms with Gasteiger partial charge in [0.1, 0.15) is 5.15 Å². The van der Waals surface area contributed by atoms with Gasteiger partial charge in [0, 0.05) is 31.1 Å². The Morgan fingerprint density at radius 1 is 1.40 bits per heavy atom. The molecule has 0 bridgehead atoms. The van der Waals surface area contributed by atoms with E-state index in [1.165, 1.54) is 0 Å². The second-order valence-corrected chi connectivity index (χ2v) is 4.35. The minimum atomic E-state index is 0.320. The Balaban J connectivity index is 2.32. The number of anilines is 1. The Morgan fingerprint density at radius 2 is 2.20 bits per heavy atom. The first-order valence-electron chi connectivity index (χ1n) is 5.19. The van der Waals surface area contributed by atoms with Crippen molar-refractivity contribution in [2.75, 3.05) is 11.9 Å². The molecule has 5 heteroatoms. The predicted molar refractivity (Wildman–Crippen MR) is 61.2 cm³/mol. The van der Waals surface area contributed by atoms with Crippen LogP contribution in [0.4, 0.5) is 5.95 Å². The maximum absolute atomic E-state index is 6.10. The SMILES string of the molecule is CC(C)Nc1nc(Cl)c2c(n1)CCNC2. The summed E-state index contributed by atoms with van der Waals surface area (Å²) >= 11 is 6.10. The van der Waals surface area contributed by atoms with Gasteiger partial charge in [0.25, 0.3) is 0 Å². The lowest BCUT2D eigenvalue weighted by Gasteiger charge is -2.18. The molecule has 2 heterocycles. The second kappa shape index (κ2) is 4.33. The highest BCUT2D eigenvalue weighted by Crippen LogP contribution is 2.21. The van der Waals surface area contributed by atoms with E-state index in [1.54, 1.807) is 0 Å². The lowest BCUT2D eigenvalue weighted by Crippen LogP contribution is -2.26. The van der Waals surface area contributed by atoms with Crippen molar-refractivity contribution in [2.24, 2.45) is 0 Å². The number of halogens is 1. The molecule has 0 aromatic carbocycles. The largest absolute Gasteiger partial charge is 0.352 e. The summed E-state index contributed by atoms with van der Waals surface area (Å²) in [4.78, 5) is 8.70. The lowest BCUT2D eigenvalue weighted by atomic mass is 10.1. The highest BCUT2D eigenvalue weighted by molar-refractivity contribution is 6.30. The summed E-state index contributed by atoms with van der Waals surface area (Å²) < 4.78 is 0. The Bertz CT molecular complexity index is 365. The molecule has 0 saturated heterocycles. The number of nitrogens with one attached hydrogen (secondary N) is 2. The standard InChI is InChI=1S/C10H15ClN4/c1-6(2)13-10-14-8-3-4-12-5-7(8)9(11)15-10/h6,12H,3-5H2,1-2H3,(H,13,14,15). The molecule has 0 aliphatic carbocycles. The van der Waals surface area contributed by atoms with Crippen LogP contribution in [0.15, 0.2) is 0 Å². The van der Waals surface area contributed by atoms with E-state index in [1.807, 2.05) is 0 Å². The predicted octanol–water partition coefficient (Wildman–Crippen LogP) is 1.60. The van der Waals surface area contributed by atoms with Crippen molar-refractivity contribution in [3.8, 4) is 0 Å². The lowest BCUT2D eigenvalue weighted by molar-refractivity contribution is 0.626. The molecule has 0 atom stereocenters. The molecule has 0 spiro atoms. The molecule has 1 aromatic rings. The highest BCUT2D eigenvalue weighted by atomic mass is 35.5. The zero-order valence-electron chi connectivity index (χ0n) is 8.97. The van der Waals surface area contributed by atoms with Gasteiger partial charge in [0.2, 0.25) is 5.95 Å². The zero-order chi connectivity index (χ0) is 10.8. The van der Waals surface area contributed by atoms with Crippen molar-refractivity contribution in [1.82, 2.24) is 15.3 Å². The normalized spacial score (nSPS) is 15.2. The molecule has 82 valence electrons. The average molecular weight is 227 g/mol. The molecule has 0 amide bonds. The second-order valence-electron chi connectivity index (χ2n) is 3.99. The first-order chi connectivity index (χ1) is 7.16. The average Bonchev–Trinajstić information content (AvgIpc) is 2.16.